The quantitative estimate of drug-likeness (QED) is 0.700. The average molecular weight is 236 g/mol. The number of pyridine rings is 1. The summed E-state index contributed by atoms with van der Waals surface area (Å²) in [7, 11) is 0. The first-order valence-corrected chi connectivity index (χ1v) is 6.60. The first-order valence-electron chi connectivity index (χ1n) is 6.60. The monoisotopic (exact) mass is 236 g/mol. The summed E-state index contributed by atoms with van der Waals surface area (Å²) in [5, 5.41) is 0. The number of hydrogen-bond acceptors (Lipinski definition) is 3. The maximum Gasteiger partial charge on any atom is 0.166 e. The number of anilines is 1. The third-order valence-corrected chi connectivity index (χ3v) is 2.78. The van der Waals surface area contributed by atoms with E-state index in [1.165, 1.54) is 32.1 Å². The standard InChI is InChI=1S/C14H24N2O/c1-3-4-5-6-7-8-11-17-13-10-9-12(2)16-14(13)15/h9-10H,3-8,11H2,1-2H3,(H2,15,16). The lowest BCUT2D eigenvalue weighted by molar-refractivity contribution is 0.305. The Labute approximate surface area is 104 Å². The molecule has 3 heteroatoms. The van der Waals surface area contributed by atoms with Crippen LogP contribution >= 0.6 is 0 Å². The molecule has 96 valence electrons. The van der Waals surface area contributed by atoms with E-state index in [4.69, 9.17) is 10.5 Å². The number of ether oxygens (including phenoxy) is 1. The summed E-state index contributed by atoms with van der Waals surface area (Å²) in [6, 6.07) is 3.82. The van der Waals surface area contributed by atoms with E-state index < -0.39 is 0 Å². The number of nitrogens with two attached hydrogens (primary N) is 1. The Bertz CT molecular complexity index is 326. The molecule has 0 atom stereocenters. The van der Waals surface area contributed by atoms with Crippen LogP contribution in [0.5, 0.6) is 5.75 Å². The zero-order valence-electron chi connectivity index (χ0n) is 11.0. The largest absolute Gasteiger partial charge is 0.490 e. The van der Waals surface area contributed by atoms with E-state index in [9.17, 15) is 0 Å². The zero-order chi connectivity index (χ0) is 12.5. The summed E-state index contributed by atoms with van der Waals surface area (Å²) < 4.78 is 5.61. The SMILES string of the molecule is CCCCCCCCOc1ccc(C)nc1N. The fourth-order valence-electron chi connectivity index (χ4n) is 1.75. The molecule has 3 nitrogen and oxygen atoms in total. The zero-order valence-corrected chi connectivity index (χ0v) is 11.0. The molecule has 0 aliphatic rings. The summed E-state index contributed by atoms with van der Waals surface area (Å²) in [5.74, 6) is 1.21. The molecule has 0 saturated carbocycles. The molecule has 2 N–H and O–H groups in total. The number of rotatable bonds is 8. The van der Waals surface area contributed by atoms with Crippen molar-refractivity contribution in [2.75, 3.05) is 12.3 Å². The second-order valence-corrected chi connectivity index (χ2v) is 4.45. The molecule has 1 heterocycles. The minimum Gasteiger partial charge on any atom is -0.490 e. The summed E-state index contributed by atoms with van der Waals surface area (Å²) in [6.07, 6.45) is 7.61. The van der Waals surface area contributed by atoms with Crippen molar-refractivity contribution in [1.82, 2.24) is 4.98 Å². The highest BCUT2D eigenvalue weighted by atomic mass is 16.5. The van der Waals surface area contributed by atoms with Crippen LogP contribution in [0.4, 0.5) is 5.82 Å². The number of aromatic nitrogens is 1. The molecule has 0 aliphatic carbocycles. The van der Waals surface area contributed by atoms with Crippen molar-refractivity contribution in [2.45, 2.75) is 52.4 Å². The van der Waals surface area contributed by atoms with Crippen LogP contribution in [0.3, 0.4) is 0 Å². The van der Waals surface area contributed by atoms with Crippen molar-refractivity contribution in [3.05, 3.63) is 17.8 Å². The van der Waals surface area contributed by atoms with Crippen molar-refractivity contribution in [3.8, 4) is 5.75 Å². The Balaban J connectivity index is 2.14. The van der Waals surface area contributed by atoms with Crippen molar-refractivity contribution in [2.24, 2.45) is 0 Å². The predicted octanol–water partition coefficient (Wildman–Crippen LogP) is 3.71. The van der Waals surface area contributed by atoms with Gasteiger partial charge in [0.05, 0.1) is 6.61 Å². The van der Waals surface area contributed by atoms with Crippen molar-refractivity contribution >= 4 is 5.82 Å². The molecule has 0 radical (unpaired) electrons. The highest BCUT2D eigenvalue weighted by Gasteiger charge is 2.01. The number of aryl methyl sites for hydroxylation is 1. The first kappa shape index (κ1) is 13.8. The molecular weight excluding hydrogens is 212 g/mol. The third kappa shape index (κ3) is 5.57. The minimum absolute atomic E-state index is 0.496. The normalized spacial score (nSPS) is 10.5. The fourth-order valence-corrected chi connectivity index (χ4v) is 1.75. The molecule has 0 amide bonds. The lowest BCUT2D eigenvalue weighted by Gasteiger charge is -2.08. The van der Waals surface area contributed by atoms with Gasteiger partial charge in [0, 0.05) is 5.69 Å². The van der Waals surface area contributed by atoms with Crippen LogP contribution < -0.4 is 10.5 Å². The van der Waals surface area contributed by atoms with Gasteiger partial charge in [-0.05, 0) is 25.5 Å². The molecule has 0 saturated heterocycles. The molecular formula is C14H24N2O. The molecule has 1 rings (SSSR count). The van der Waals surface area contributed by atoms with Crippen LogP contribution in [0.25, 0.3) is 0 Å². The fraction of sp³-hybridized carbons (Fsp3) is 0.643. The molecule has 0 unspecified atom stereocenters. The summed E-state index contributed by atoms with van der Waals surface area (Å²) in [4.78, 5) is 4.17. The summed E-state index contributed by atoms with van der Waals surface area (Å²) >= 11 is 0. The second-order valence-electron chi connectivity index (χ2n) is 4.45. The second kappa shape index (κ2) is 7.93. The Morgan fingerprint density at radius 1 is 1.12 bits per heavy atom. The van der Waals surface area contributed by atoms with Crippen LogP contribution in [0, 0.1) is 6.92 Å². The van der Waals surface area contributed by atoms with E-state index in [0.717, 1.165) is 18.7 Å². The van der Waals surface area contributed by atoms with Gasteiger partial charge in [0.2, 0.25) is 0 Å². The molecule has 0 aromatic carbocycles. The van der Waals surface area contributed by atoms with Gasteiger partial charge in [0.15, 0.2) is 11.6 Å². The van der Waals surface area contributed by atoms with Crippen LogP contribution in [0.1, 0.15) is 51.1 Å². The topological polar surface area (TPSA) is 48.1 Å². The van der Waals surface area contributed by atoms with Gasteiger partial charge in [-0.1, -0.05) is 39.0 Å². The molecule has 0 aliphatic heterocycles. The lowest BCUT2D eigenvalue weighted by Crippen LogP contribution is -2.02. The summed E-state index contributed by atoms with van der Waals surface area (Å²) in [5.41, 5.74) is 6.69. The number of unbranched alkanes of at least 4 members (excludes halogenated alkanes) is 5. The van der Waals surface area contributed by atoms with Gasteiger partial charge in [-0.25, -0.2) is 4.98 Å². The number of nitrogens with zero attached hydrogens (tertiary/aromatic N) is 1. The van der Waals surface area contributed by atoms with Crippen LogP contribution in [0.2, 0.25) is 0 Å². The number of nitrogen functional groups attached to an aromatic ring is 1. The first-order chi connectivity index (χ1) is 8.24. The molecule has 0 spiro atoms. The van der Waals surface area contributed by atoms with Crippen LogP contribution in [-0.2, 0) is 0 Å². The maximum atomic E-state index is 5.77. The van der Waals surface area contributed by atoms with Crippen LogP contribution in [0.15, 0.2) is 12.1 Å². The Kier molecular flexibility index (Phi) is 6.45. The molecule has 0 fully saturated rings. The van der Waals surface area contributed by atoms with Gasteiger partial charge in [0.1, 0.15) is 0 Å². The minimum atomic E-state index is 0.496. The Morgan fingerprint density at radius 3 is 2.53 bits per heavy atom. The van der Waals surface area contributed by atoms with E-state index in [1.54, 1.807) is 0 Å². The number of hydrogen-bond donors (Lipinski definition) is 1. The van der Waals surface area contributed by atoms with Gasteiger partial charge < -0.3 is 10.5 Å². The predicted molar refractivity (Wildman–Crippen MR) is 72.3 cm³/mol. The molecule has 17 heavy (non-hydrogen) atoms. The summed E-state index contributed by atoms with van der Waals surface area (Å²) in [6.45, 7) is 4.89. The van der Waals surface area contributed by atoms with Gasteiger partial charge in [-0.15, -0.1) is 0 Å². The van der Waals surface area contributed by atoms with Gasteiger partial charge >= 0.3 is 0 Å². The van der Waals surface area contributed by atoms with E-state index in [1.807, 2.05) is 19.1 Å². The van der Waals surface area contributed by atoms with Crippen molar-refractivity contribution in [3.63, 3.8) is 0 Å². The van der Waals surface area contributed by atoms with E-state index >= 15 is 0 Å². The maximum absolute atomic E-state index is 5.77. The molecule has 1 aromatic rings. The molecule has 0 bridgehead atoms. The molecule has 1 aromatic heterocycles. The van der Waals surface area contributed by atoms with Gasteiger partial charge in [-0.3, -0.25) is 0 Å². The smallest absolute Gasteiger partial charge is 0.166 e. The van der Waals surface area contributed by atoms with E-state index in [-0.39, 0.29) is 0 Å². The average Bonchev–Trinajstić information content (AvgIpc) is 2.30. The Hall–Kier alpha value is -1.25. The van der Waals surface area contributed by atoms with Crippen LogP contribution in [-0.4, -0.2) is 11.6 Å². The van der Waals surface area contributed by atoms with Crippen molar-refractivity contribution < 1.29 is 4.74 Å². The Morgan fingerprint density at radius 2 is 1.82 bits per heavy atom. The highest BCUT2D eigenvalue weighted by molar-refractivity contribution is 5.46. The van der Waals surface area contributed by atoms with E-state index in [2.05, 4.69) is 11.9 Å². The van der Waals surface area contributed by atoms with Gasteiger partial charge in [0.25, 0.3) is 0 Å². The van der Waals surface area contributed by atoms with E-state index in [0.29, 0.717) is 11.6 Å². The van der Waals surface area contributed by atoms with Crippen molar-refractivity contribution in [1.29, 1.82) is 0 Å². The lowest BCUT2D eigenvalue weighted by atomic mass is 10.1. The van der Waals surface area contributed by atoms with Gasteiger partial charge in [-0.2, -0.15) is 0 Å². The third-order valence-electron chi connectivity index (χ3n) is 2.78. The highest BCUT2D eigenvalue weighted by Crippen LogP contribution is 2.19.